The van der Waals surface area contributed by atoms with E-state index in [-0.39, 0.29) is 28.0 Å². The second-order valence-corrected chi connectivity index (χ2v) is 8.68. The van der Waals surface area contributed by atoms with Gasteiger partial charge in [0.1, 0.15) is 4.21 Å². The van der Waals surface area contributed by atoms with Crippen molar-refractivity contribution in [2.24, 2.45) is 10.7 Å². The zero-order chi connectivity index (χ0) is 15.4. The second kappa shape index (κ2) is 6.55. The van der Waals surface area contributed by atoms with Crippen molar-refractivity contribution in [3.05, 3.63) is 17.5 Å². The van der Waals surface area contributed by atoms with Crippen LogP contribution in [-0.4, -0.2) is 43.4 Å². The molecule has 0 spiro atoms. The summed E-state index contributed by atoms with van der Waals surface area (Å²) in [6.45, 7) is 5.71. The van der Waals surface area contributed by atoms with Gasteiger partial charge < -0.3 is 16.2 Å². The van der Waals surface area contributed by atoms with Gasteiger partial charge in [-0.1, -0.05) is 6.07 Å². The van der Waals surface area contributed by atoms with Crippen molar-refractivity contribution in [2.75, 3.05) is 12.3 Å². The molecule has 6 nitrogen and oxygen atoms in total. The fourth-order valence-corrected chi connectivity index (χ4v) is 3.92. The molecule has 0 aliphatic carbocycles. The first-order valence-electron chi connectivity index (χ1n) is 6.12. The molecular weight excluding hydrogens is 298 g/mol. The highest BCUT2D eigenvalue weighted by molar-refractivity contribution is 7.93. The molecule has 0 aliphatic heterocycles. The average molecular weight is 319 g/mol. The van der Waals surface area contributed by atoms with Gasteiger partial charge in [0.25, 0.3) is 0 Å². The second-order valence-electron chi connectivity index (χ2n) is 5.47. The molecule has 1 atom stereocenters. The highest BCUT2D eigenvalue weighted by Gasteiger charge is 2.20. The number of guanidine groups is 1. The minimum absolute atomic E-state index is 0.0560. The Bertz CT molecular complexity index is 545. The van der Waals surface area contributed by atoms with Crippen molar-refractivity contribution in [2.45, 2.75) is 36.6 Å². The Kier molecular flexibility index (Phi) is 5.55. The van der Waals surface area contributed by atoms with Gasteiger partial charge in [-0.3, -0.25) is 4.99 Å². The van der Waals surface area contributed by atoms with Crippen LogP contribution >= 0.6 is 11.3 Å². The Morgan fingerprint density at radius 3 is 2.70 bits per heavy atom. The van der Waals surface area contributed by atoms with Crippen LogP contribution in [0.5, 0.6) is 0 Å². The van der Waals surface area contributed by atoms with Crippen molar-refractivity contribution in [3.8, 4) is 0 Å². The standard InChI is InChI=1S/C12H21N3O3S2/c1-12(2,3)15-11(13)14-7-9(16)8-20(17,18)10-5-4-6-19-10/h4-6,9,16H,7-8H2,1-3H3,(H3,13,14,15). The number of aliphatic imine (C=N–C) groups is 1. The first kappa shape index (κ1) is 16.9. The summed E-state index contributed by atoms with van der Waals surface area (Å²) in [5.41, 5.74) is 5.41. The van der Waals surface area contributed by atoms with Gasteiger partial charge in [-0.25, -0.2) is 8.42 Å². The third kappa shape index (κ3) is 5.89. The number of nitrogens with two attached hydrogens (primary N) is 1. The summed E-state index contributed by atoms with van der Waals surface area (Å²) in [6, 6.07) is 3.18. The van der Waals surface area contributed by atoms with E-state index in [0.29, 0.717) is 0 Å². The topological polar surface area (TPSA) is 105 Å². The summed E-state index contributed by atoms with van der Waals surface area (Å²) < 4.78 is 24.1. The van der Waals surface area contributed by atoms with Crippen LogP contribution in [0, 0.1) is 0 Å². The van der Waals surface area contributed by atoms with Gasteiger partial charge in [-0.2, -0.15) is 0 Å². The Hall–Kier alpha value is -1.12. The maximum atomic E-state index is 11.9. The van der Waals surface area contributed by atoms with E-state index in [2.05, 4.69) is 10.3 Å². The number of sulfone groups is 1. The lowest BCUT2D eigenvalue weighted by Crippen LogP contribution is -2.45. The lowest BCUT2D eigenvalue weighted by molar-refractivity contribution is 0.206. The normalized spacial score (nSPS) is 15.1. The molecule has 0 bridgehead atoms. The van der Waals surface area contributed by atoms with Crippen LogP contribution in [0.3, 0.4) is 0 Å². The molecule has 1 heterocycles. The summed E-state index contributed by atoms with van der Waals surface area (Å²) in [4.78, 5) is 3.95. The minimum atomic E-state index is -3.46. The molecule has 1 rings (SSSR count). The fraction of sp³-hybridized carbons (Fsp3) is 0.583. The Balaban J connectivity index is 2.56. The van der Waals surface area contributed by atoms with Crippen molar-refractivity contribution < 1.29 is 13.5 Å². The van der Waals surface area contributed by atoms with E-state index >= 15 is 0 Å². The molecule has 1 aromatic rings. The van der Waals surface area contributed by atoms with Crippen molar-refractivity contribution in [1.29, 1.82) is 0 Å². The van der Waals surface area contributed by atoms with E-state index in [1.54, 1.807) is 11.4 Å². The highest BCUT2D eigenvalue weighted by atomic mass is 32.2. The summed E-state index contributed by atoms with van der Waals surface area (Å²) in [7, 11) is -3.46. The van der Waals surface area contributed by atoms with Crippen molar-refractivity contribution in [1.82, 2.24) is 5.32 Å². The van der Waals surface area contributed by atoms with Crippen molar-refractivity contribution in [3.63, 3.8) is 0 Å². The van der Waals surface area contributed by atoms with E-state index in [9.17, 15) is 13.5 Å². The zero-order valence-corrected chi connectivity index (χ0v) is 13.5. The van der Waals surface area contributed by atoms with Crippen LogP contribution in [0.1, 0.15) is 20.8 Å². The van der Waals surface area contributed by atoms with Gasteiger partial charge in [0.2, 0.25) is 0 Å². The quantitative estimate of drug-likeness (QED) is 0.544. The van der Waals surface area contributed by atoms with Gasteiger partial charge in [-0.15, -0.1) is 11.3 Å². The molecule has 0 radical (unpaired) electrons. The molecule has 1 aromatic heterocycles. The van der Waals surface area contributed by atoms with Gasteiger partial charge in [0.15, 0.2) is 15.8 Å². The molecule has 0 aromatic carbocycles. The summed E-state index contributed by atoms with van der Waals surface area (Å²) in [5.74, 6) is -0.176. The van der Waals surface area contributed by atoms with E-state index in [0.717, 1.165) is 11.3 Å². The predicted molar refractivity (Wildman–Crippen MR) is 81.8 cm³/mol. The van der Waals surface area contributed by atoms with Crippen LogP contribution in [0.15, 0.2) is 26.7 Å². The van der Waals surface area contributed by atoms with Crippen LogP contribution in [0.25, 0.3) is 0 Å². The smallest absolute Gasteiger partial charge is 0.190 e. The van der Waals surface area contributed by atoms with Gasteiger partial charge in [0.05, 0.1) is 18.4 Å². The molecule has 4 N–H and O–H groups in total. The Morgan fingerprint density at radius 2 is 2.20 bits per heavy atom. The third-order valence-corrected chi connectivity index (χ3v) is 5.47. The number of nitrogens with one attached hydrogen (secondary N) is 1. The Morgan fingerprint density at radius 1 is 1.55 bits per heavy atom. The SMILES string of the molecule is CC(C)(C)NC(N)=NCC(O)CS(=O)(=O)c1cccs1. The molecule has 114 valence electrons. The molecule has 1 unspecified atom stereocenters. The van der Waals surface area contributed by atoms with Crippen molar-refractivity contribution >= 4 is 27.1 Å². The Labute approximate surface area is 123 Å². The minimum Gasteiger partial charge on any atom is -0.390 e. The highest BCUT2D eigenvalue weighted by Crippen LogP contribution is 2.18. The summed E-state index contributed by atoms with van der Waals surface area (Å²) >= 11 is 1.13. The molecule has 0 saturated heterocycles. The number of thiophene rings is 1. The first-order chi connectivity index (χ1) is 9.10. The van der Waals surface area contributed by atoms with Gasteiger partial charge >= 0.3 is 0 Å². The molecule has 0 fully saturated rings. The van der Waals surface area contributed by atoms with Gasteiger partial charge in [-0.05, 0) is 32.2 Å². The number of aliphatic hydroxyl groups excluding tert-OH is 1. The maximum absolute atomic E-state index is 11.9. The van der Waals surface area contributed by atoms with Crippen LogP contribution in [-0.2, 0) is 9.84 Å². The maximum Gasteiger partial charge on any atom is 0.190 e. The number of rotatable bonds is 5. The molecule has 0 saturated carbocycles. The summed E-state index contributed by atoms with van der Waals surface area (Å²) in [5, 5.41) is 14.4. The van der Waals surface area contributed by atoms with Crippen LogP contribution < -0.4 is 11.1 Å². The number of hydrogen-bond donors (Lipinski definition) is 3. The molecule has 0 amide bonds. The molecule has 0 aliphatic rings. The largest absolute Gasteiger partial charge is 0.390 e. The fourth-order valence-electron chi connectivity index (χ4n) is 1.46. The molecule has 8 heteroatoms. The van der Waals surface area contributed by atoms with Crippen LogP contribution in [0.2, 0.25) is 0 Å². The van der Waals surface area contributed by atoms with E-state index in [4.69, 9.17) is 5.73 Å². The number of aliphatic hydroxyl groups is 1. The molecular formula is C12H21N3O3S2. The van der Waals surface area contributed by atoms with E-state index in [1.807, 2.05) is 20.8 Å². The summed E-state index contributed by atoms with van der Waals surface area (Å²) in [6.07, 6.45) is -1.08. The van der Waals surface area contributed by atoms with E-state index < -0.39 is 15.9 Å². The monoisotopic (exact) mass is 319 g/mol. The first-order valence-corrected chi connectivity index (χ1v) is 8.66. The predicted octanol–water partition coefficient (Wildman–Crippen LogP) is 0.586. The zero-order valence-electron chi connectivity index (χ0n) is 11.8. The van der Waals surface area contributed by atoms with E-state index in [1.165, 1.54) is 6.07 Å². The van der Waals surface area contributed by atoms with Gasteiger partial charge in [0, 0.05) is 5.54 Å². The van der Waals surface area contributed by atoms with Crippen LogP contribution in [0.4, 0.5) is 0 Å². The third-order valence-electron chi connectivity index (χ3n) is 2.19. The number of nitrogens with zero attached hydrogens (tertiary/aromatic N) is 1. The average Bonchev–Trinajstić information content (AvgIpc) is 2.77. The lowest BCUT2D eigenvalue weighted by atomic mass is 10.1. The molecule has 20 heavy (non-hydrogen) atoms. The lowest BCUT2D eigenvalue weighted by Gasteiger charge is -2.21. The number of hydrogen-bond acceptors (Lipinski definition) is 5.